The summed E-state index contributed by atoms with van der Waals surface area (Å²) in [7, 11) is 0. The van der Waals surface area contributed by atoms with Gasteiger partial charge in [0.1, 0.15) is 5.75 Å². The number of ether oxygens (including phenoxy) is 1. The van der Waals surface area contributed by atoms with E-state index in [4.69, 9.17) is 4.74 Å². The number of hydrogen-bond acceptors (Lipinski definition) is 4. The number of pyridine rings is 1. The van der Waals surface area contributed by atoms with E-state index in [1.165, 1.54) is 0 Å². The van der Waals surface area contributed by atoms with Gasteiger partial charge in [-0.1, -0.05) is 18.2 Å². The summed E-state index contributed by atoms with van der Waals surface area (Å²) in [6, 6.07) is 14.3. The zero-order valence-corrected chi connectivity index (χ0v) is 12.6. The fourth-order valence-electron chi connectivity index (χ4n) is 2.62. The van der Waals surface area contributed by atoms with E-state index < -0.39 is 0 Å². The lowest BCUT2D eigenvalue weighted by Gasteiger charge is -2.18. The number of aromatic nitrogens is 1. The van der Waals surface area contributed by atoms with Crippen LogP contribution in [0.25, 0.3) is 10.9 Å². The van der Waals surface area contributed by atoms with Gasteiger partial charge in [0.15, 0.2) is 6.61 Å². The maximum Gasteiger partial charge on any atom is 0.262 e. The lowest BCUT2D eigenvalue weighted by molar-refractivity contribution is -0.118. The summed E-state index contributed by atoms with van der Waals surface area (Å²) in [5, 5.41) is 6.52. The number of hydrogen-bond donors (Lipinski definition) is 2. The minimum atomic E-state index is -0.267. The SMILES string of the molecule is O=C1COc2cc(C(=O)Nc3cccc4cccnc34)ccc2N1. The average molecular weight is 319 g/mol. The summed E-state index contributed by atoms with van der Waals surface area (Å²) in [5.41, 5.74) is 2.38. The molecule has 0 saturated heterocycles. The first-order valence-electron chi connectivity index (χ1n) is 7.42. The number of amides is 2. The maximum atomic E-state index is 12.5. The van der Waals surface area contributed by atoms with Crippen LogP contribution < -0.4 is 15.4 Å². The van der Waals surface area contributed by atoms with Crippen LogP contribution in [0.15, 0.2) is 54.7 Å². The topological polar surface area (TPSA) is 80.3 Å². The van der Waals surface area contributed by atoms with Crippen LogP contribution >= 0.6 is 0 Å². The van der Waals surface area contributed by atoms with E-state index in [1.54, 1.807) is 24.4 Å². The molecule has 1 aliphatic heterocycles. The number of para-hydroxylation sites is 1. The van der Waals surface area contributed by atoms with Crippen LogP contribution in [0.2, 0.25) is 0 Å². The van der Waals surface area contributed by atoms with Crippen molar-refractivity contribution in [2.24, 2.45) is 0 Å². The van der Waals surface area contributed by atoms with Crippen LogP contribution in [0.1, 0.15) is 10.4 Å². The lowest BCUT2D eigenvalue weighted by Crippen LogP contribution is -2.25. The van der Waals surface area contributed by atoms with Crippen LogP contribution in [-0.4, -0.2) is 23.4 Å². The van der Waals surface area contributed by atoms with E-state index in [1.807, 2.05) is 30.3 Å². The first-order chi connectivity index (χ1) is 11.7. The van der Waals surface area contributed by atoms with Gasteiger partial charge in [0.25, 0.3) is 11.8 Å². The number of nitrogens with one attached hydrogen (secondary N) is 2. The van der Waals surface area contributed by atoms with Gasteiger partial charge < -0.3 is 15.4 Å². The Bertz CT molecular complexity index is 963. The molecule has 118 valence electrons. The largest absolute Gasteiger partial charge is 0.482 e. The minimum absolute atomic E-state index is 0.0503. The zero-order valence-electron chi connectivity index (χ0n) is 12.6. The molecule has 0 unspecified atom stereocenters. The van der Waals surface area contributed by atoms with Gasteiger partial charge in [-0.3, -0.25) is 14.6 Å². The van der Waals surface area contributed by atoms with Gasteiger partial charge >= 0.3 is 0 Å². The lowest BCUT2D eigenvalue weighted by atomic mass is 10.1. The summed E-state index contributed by atoms with van der Waals surface area (Å²) in [6.07, 6.45) is 1.69. The van der Waals surface area contributed by atoms with Crippen molar-refractivity contribution in [3.8, 4) is 5.75 Å². The molecule has 3 aromatic rings. The molecule has 6 nitrogen and oxygen atoms in total. The Kier molecular flexibility index (Phi) is 3.35. The molecule has 0 aliphatic carbocycles. The average Bonchev–Trinajstić information content (AvgIpc) is 2.61. The van der Waals surface area contributed by atoms with Gasteiger partial charge in [-0.15, -0.1) is 0 Å². The van der Waals surface area contributed by atoms with Crippen molar-refractivity contribution >= 4 is 34.1 Å². The highest BCUT2D eigenvalue weighted by Crippen LogP contribution is 2.29. The van der Waals surface area contributed by atoms with E-state index in [0.717, 1.165) is 10.9 Å². The quantitative estimate of drug-likeness (QED) is 0.761. The molecular formula is C18H13N3O3. The fraction of sp³-hybridized carbons (Fsp3) is 0.0556. The van der Waals surface area contributed by atoms with E-state index in [2.05, 4.69) is 15.6 Å². The molecule has 2 amide bonds. The molecule has 0 saturated carbocycles. The summed E-state index contributed by atoms with van der Waals surface area (Å²) in [4.78, 5) is 28.1. The van der Waals surface area contributed by atoms with E-state index in [0.29, 0.717) is 22.7 Å². The molecule has 0 radical (unpaired) electrons. The standard InChI is InChI=1S/C18H13N3O3/c22-16-10-24-15-9-12(6-7-13(15)20-16)18(23)21-14-5-1-3-11-4-2-8-19-17(11)14/h1-9H,10H2,(H,20,22)(H,21,23). The van der Waals surface area contributed by atoms with Crippen molar-refractivity contribution in [3.05, 3.63) is 60.3 Å². The van der Waals surface area contributed by atoms with Gasteiger partial charge in [0.05, 0.1) is 16.9 Å². The third-order valence-electron chi connectivity index (χ3n) is 3.76. The molecule has 4 rings (SSSR count). The number of nitrogens with zero attached hydrogens (tertiary/aromatic N) is 1. The number of carbonyl (C=O) groups excluding carboxylic acids is 2. The highest BCUT2D eigenvalue weighted by Gasteiger charge is 2.18. The Morgan fingerprint density at radius 3 is 2.96 bits per heavy atom. The molecule has 2 aromatic carbocycles. The third-order valence-corrected chi connectivity index (χ3v) is 3.76. The molecule has 24 heavy (non-hydrogen) atoms. The predicted octanol–water partition coefficient (Wildman–Crippen LogP) is 2.82. The van der Waals surface area contributed by atoms with Crippen LogP contribution in [0.5, 0.6) is 5.75 Å². The third kappa shape index (κ3) is 2.54. The Labute approximate surface area is 137 Å². The van der Waals surface area contributed by atoms with Gasteiger partial charge in [0.2, 0.25) is 0 Å². The molecule has 1 aromatic heterocycles. The Balaban J connectivity index is 1.63. The molecule has 0 fully saturated rings. The Morgan fingerprint density at radius 1 is 1.17 bits per heavy atom. The molecule has 2 N–H and O–H groups in total. The minimum Gasteiger partial charge on any atom is -0.482 e. The number of anilines is 2. The van der Waals surface area contributed by atoms with Gasteiger partial charge in [-0.25, -0.2) is 0 Å². The van der Waals surface area contributed by atoms with E-state index >= 15 is 0 Å². The van der Waals surface area contributed by atoms with Crippen molar-refractivity contribution in [1.82, 2.24) is 4.98 Å². The first kappa shape index (κ1) is 14.2. The molecule has 2 heterocycles. The van der Waals surface area contributed by atoms with E-state index in [-0.39, 0.29) is 18.4 Å². The Morgan fingerprint density at radius 2 is 2.04 bits per heavy atom. The van der Waals surface area contributed by atoms with Crippen molar-refractivity contribution in [1.29, 1.82) is 0 Å². The molecule has 6 heteroatoms. The number of benzene rings is 2. The fourth-order valence-corrected chi connectivity index (χ4v) is 2.62. The zero-order chi connectivity index (χ0) is 16.5. The number of rotatable bonds is 2. The second-order valence-corrected chi connectivity index (χ2v) is 5.38. The summed E-state index contributed by atoms with van der Waals surface area (Å²) in [6.45, 7) is -0.0503. The van der Waals surface area contributed by atoms with Gasteiger partial charge in [-0.05, 0) is 30.3 Å². The Hall–Kier alpha value is -3.41. The molecule has 1 aliphatic rings. The normalized spacial score (nSPS) is 12.9. The van der Waals surface area contributed by atoms with Crippen LogP contribution in [0.4, 0.5) is 11.4 Å². The first-order valence-corrected chi connectivity index (χ1v) is 7.42. The summed E-state index contributed by atoms with van der Waals surface area (Å²) >= 11 is 0. The van der Waals surface area contributed by atoms with E-state index in [9.17, 15) is 9.59 Å². The van der Waals surface area contributed by atoms with Crippen molar-refractivity contribution in [3.63, 3.8) is 0 Å². The highest BCUT2D eigenvalue weighted by molar-refractivity contribution is 6.09. The van der Waals surface area contributed by atoms with Crippen molar-refractivity contribution in [2.45, 2.75) is 0 Å². The number of carbonyl (C=O) groups is 2. The van der Waals surface area contributed by atoms with Crippen LogP contribution in [0.3, 0.4) is 0 Å². The van der Waals surface area contributed by atoms with Gasteiger partial charge in [-0.2, -0.15) is 0 Å². The molecular weight excluding hydrogens is 306 g/mol. The van der Waals surface area contributed by atoms with Crippen molar-refractivity contribution < 1.29 is 14.3 Å². The van der Waals surface area contributed by atoms with Gasteiger partial charge in [0, 0.05) is 17.1 Å². The summed E-state index contributed by atoms with van der Waals surface area (Å²) < 4.78 is 5.34. The molecule has 0 atom stereocenters. The highest BCUT2D eigenvalue weighted by atomic mass is 16.5. The predicted molar refractivity (Wildman–Crippen MR) is 90.3 cm³/mol. The van der Waals surface area contributed by atoms with Crippen molar-refractivity contribution in [2.75, 3.05) is 17.2 Å². The van der Waals surface area contributed by atoms with Crippen LogP contribution in [0, 0.1) is 0 Å². The maximum absolute atomic E-state index is 12.5. The monoisotopic (exact) mass is 319 g/mol. The molecule has 0 spiro atoms. The van der Waals surface area contributed by atoms with Crippen LogP contribution in [-0.2, 0) is 4.79 Å². The second kappa shape index (κ2) is 5.66. The second-order valence-electron chi connectivity index (χ2n) is 5.38. The smallest absolute Gasteiger partial charge is 0.262 e. The number of fused-ring (bicyclic) bond motifs is 2. The molecule has 0 bridgehead atoms. The summed E-state index contributed by atoms with van der Waals surface area (Å²) in [5.74, 6) is 0.0104.